The van der Waals surface area contributed by atoms with E-state index in [1.54, 1.807) is 0 Å². The molecular formula is C23H31NOS2. The lowest BCUT2D eigenvalue weighted by atomic mass is 10.1. The third kappa shape index (κ3) is 6.05. The van der Waals surface area contributed by atoms with Crippen LogP contribution in [0.15, 0.2) is 34.9 Å². The van der Waals surface area contributed by atoms with Gasteiger partial charge in [0.1, 0.15) is 5.69 Å². The predicted octanol–water partition coefficient (Wildman–Crippen LogP) is 8.38. The Morgan fingerprint density at radius 1 is 0.741 bits per heavy atom. The molecule has 0 N–H and O–H groups in total. The molecule has 0 spiro atoms. The van der Waals surface area contributed by atoms with Gasteiger partial charge in [0, 0.05) is 15.8 Å². The third-order valence-corrected chi connectivity index (χ3v) is 7.21. The Balaban J connectivity index is 1.56. The van der Waals surface area contributed by atoms with Crippen LogP contribution >= 0.6 is 22.7 Å². The first-order chi connectivity index (χ1) is 13.3. The minimum atomic E-state index is 0.895. The van der Waals surface area contributed by atoms with Crippen LogP contribution in [0, 0.1) is 0 Å². The van der Waals surface area contributed by atoms with Crippen molar-refractivity contribution >= 4 is 22.7 Å². The van der Waals surface area contributed by atoms with E-state index in [1.165, 1.54) is 83.7 Å². The maximum Gasteiger partial charge on any atom is 0.177 e. The van der Waals surface area contributed by atoms with Gasteiger partial charge >= 0.3 is 0 Å². The lowest BCUT2D eigenvalue weighted by molar-refractivity contribution is 0.436. The molecule has 0 bridgehead atoms. The molecule has 3 rings (SSSR count). The third-order valence-electron chi connectivity index (χ3n) is 4.88. The highest BCUT2D eigenvalue weighted by Gasteiger charge is 2.12. The maximum atomic E-state index is 5.65. The molecule has 27 heavy (non-hydrogen) atoms. The summed E-state index contributed by atoms with van der Waals surface area (Å²) in [6.45, 7) is 4.51. The highest BCUT2D eigenvalue weighted by Crippen LogP contribution is 2.34. The first-order valence-electron chi connectivity index (χ1n) is 10.4. The molecular weight excluding hydrogens is 370 g/mol. The van der Waals surface area contributed by atoms with E-state index in [-0.39, 0.29) is 0 Å². The molecule has 2 nitrogen and oxygen atoms in total. The highest BCUT2D eigenvalue weighted by molar-refractivity contribution is 7.15. The van der Waals surface area contributed by atoms with Crippen molar-refractivity contribution in [3.05, 3.63) is 40.1 Å². The van der Waals surface area contributed by atoms with Crippen molar-refractivity contribution < 1.29 is 4.52 Å². The van der Waals surface area contributed by atoms with Gasteiger partial charge in [-0.05, 0) is 49.9 Å². The summed E-state index contributed by atoms with van der Waals surface area (Å²) in [7, 11) is 0. The molecule has 0 fully saturated rings. The Kier molecular flexibility index (Phi) is 8.15. The quantitative estimate of drug-likeness (QED) is 0.285. The minimum Gasteiger partial charge on any atom is -0.355 e. The second-order valence-electron chi connectivity index (χ2n) is 7.23. The van der Waals surface area contributed by atoms with Crippen LogP contribution in [0.3, 0.4) is 0 Å². The number of rotatable bonds is 12. The van der Waals surface area contributed by atoms with E-state index in [1.807, 2.05) is 22.7 Å². The number of hydrogen-bond acceptors (Lipinski definition) is 4. The van der Waals surface area contributed by atoms with Crippen molar-refractivity contribution in [3.63, 3.8) is 0 Å². The van der Waals surface area contributed by atoms with E-state index >= 15 is 0 Å². The molecule has 0 saturated heterocycles. The maximum absolute atomic E-state index is 5.65. The zero-order valence-corrected chi connectivity index (χ0v) is 18.3. The van der Waals surface area contributed by atoms with E-state index in [4.69, 9.17) is 4.52 Å². The molecule has 0 aliphatic heterocycles. The second-order valence-corrected chi connectivity index (χ2v) is 9.57. The Bertz CT molecular complexity index is 799. The van der Waals surface area contributed by atoms with Crippen molar-refractivity contribution in [2.75, 3.05) is 0 Å². The van der Waals surface area contributed by atoms with Crippen molar-refractivity contribution in [1.82, 2.24) is 5.16 Å². The number of aryl methyl sites for hydroxylation is 2. The van der Waals surface area contributed by atoms with Gasteiger partial charge in [-0.1, -0.05) is 57.5 Å². The fourth-order valence-electron chi connectivity index (χ4n) is 3.25. The van der Waals surface area contributed by atoms with E-state index in [9.17, 15) is 0 Å². The van der Waals surface area contributed by atoms with Crippen molar-refractivity contribution in [1.29, 1.82) is 0 Å². The first-order valence-corrected chi connectivity index (χ1v) is 12.1. The van der Waals surface area contributed by atoms with Crippen LogP contribution < -0.4 is 0 Å². The summed E-state index contributed by atoms with van der Waals surface area (Å²) in [4.78, 5) is 5.31. The van der Waals surface area contributed by atoms with Gasteiger partial charge in [0.15, 0.2) is 5.76 Å². The highest BCUT2D eigenvalue weighted by atomic mass is 32.1. The molecule has 0 aromatic carbocycles. The molecule has 146 valence electrons. The SMILES string of the molecule is CCCCCCCc1ccc(-c2cc(-c3ccc(CCCCC)s3)on2)s1. The molecule has 3 heterocycles. The smallest absolute Gasteiger partial charge is 0.177 e. The number of hydrogen-bond donors (Lipinski definition) is 0. The fourth-order valence-corrected chi connectivity index (χ4v) is 5.25. The van der Waals surface area contributed by atoms with Crippen molar-refractivity contribution in [2.24, 2.45) is 0 Å². The number of nitrogens with zero attached hydrogens (tertiary/aromatic N) is 1. The molecule has 0 aliphatic carbocycles. The molecule has 4 heteroatoms. The van der Waals surface area contributed by atoms with Gasteiger partial charge in [-0.25, -0.2) is 0 Å². The molecule has 0 atom stereocenters. The molecule has 3 aromatic heterocycles. The van der Waals surface area contributed by atoms with Gasteiger partial charge in [0.2, 0.25) is 0 Å². The van der Waals surface area contributed by atoms with Crippen LogP contribution in [-0.4, -0.2) is 5.16 Å². The van der Waals surface area contributed by atoms with Crippen LogP contribution in [0.5, 0.6) is 0 Å². The summed E-state index contributed by atoms with van der Waals surface area (Å²) in [6, 6.07) is 11.0. The van der Waals surface area contributed by atoms with Crippen molar-refractivity contribution in [3.8, 4) is 21.2 Å². The zero-order chi connectivity index (χ0) is 18.9. The van der Waals surface area contributed by atoms with Crippen LogP contribution in [-0.2, 0) is 12.8 Å². The Hall–Kier alpha value is -1.39. The molecule has 3 aromatic rings. The second kappa shape index (κ2) is 10.8. The lowest BCUT2D eigenvalue weighted by Gasteiger charge is -1.97. The van der Waals surface area contributed by atoms with Gasteiger partial charge in [-0.2, -0.15) is 0 Å². The number of aromatic nitrogens is 1. The summed E-state index contributed by atoms with van der Waals surface area (Å²) in [5.41, 5.74) is 0.966. The Labute approximate surface area is 171 Å². The van der Waals surface area contributed by atoms with Gasteiger partial charge in [-0.15, -0.1) is 22.7 Å². The molecule has 0 unspecified atom stereocenters. The number of thiophene rings is 2. The van der Waals surface area contributed by atoms with Crippen LogP contribution in [0.25, 0.3) is 21.2 Å². The fraction of sp³-hybridized carbons (Fsp3) is 0.522. The molecule has 0 aliphatic rings. The van der Waals surface area contributed by atoms with Crippen LogP contribution in [0.2, 0.25) is 0 Å². The summed E-state index contributed by atoms with van der Waals surface area (Å²) < 4.78 is 5.65. The van der Waals surface area contributed by atoms with Gasteiger partial charge < -0.3 is 4.52 Å². The summed E-state index contributed by atoms with van der Waals surface area (Å²) >= 11 is 3.70. The summed E-state index contributed by atoms with van der Waals surface area (Å²) in [5.74, 6) is 0.895. The van der Waals surface area contributed by atoms with E-state index in [2.05, 4.69) is 49.3 Å². The van der Waals surface area contributed by atoms with Crippen LogP contribution in [0.4, 0.5) is 0 Å². The van der Waals surface area contributed by atoms with Gasteiger partial charge in [0.05, 0.1) is 9.75 Å². The van der Waals surface area contributed by atoms with E-state index < -0.39 is 0 Å². The summed E-state index contributed by atoms with van der Waals surface area (Å²) in [5, 5.41) is 4.32. The zero-order valence-electron chi connectivity index (χ0n) is 16.6. The van der Waals surface area contributed by atoms with E-state index in [0.717, 1.165) is 11.5 Å². The van der Waals surface area contributed by atoms with E-state index in [0.29, 0.717) is 0 Å². The standard InChI is InChI=1S/C23H31NOS2/c1-3-5-7-8-10-12-18-13-15-22(26-18)20-17-21(25-24-20)23-16-14-19(27-23)11-9-6-4-2/h13-17H,3-12H2,1-2H3. The molecule has 0 saturated carbocycles. The lowest BCUT2D eigenvalue weighted by Crippen LogP contribution is -1.81. The summed E-state index contributed by atoms with van der Waals surface area (Å²) in [6.07, 6.45) is 12.9. The van der Waals surface area contributed by atoms with Gasteiger partial charge in [0.25, 0.3) is 0 Å². The predicted molar refractivity (Wildman–Crippen MR) is 119 cm³/mol. The van der Waals surface area contributed by atoms with Crippen molar-refractivity contribution in [2.45, 2.75) is 78.1 Å². The monoisotopic (exact) mass is 401 g/mol. The Morgan fingerprint density at radius 3 is 2.07 bits per heavy atom. The minimum absolute atomic E-state index is 0.895. The van der Waals surface area contributed by atoms with Gasteiger partial charge in [-0.3, -0.25) is 0 Å². The number of unbranched alkanes of at least 4 members (excludes halogenated alkanes) is 6. The average Bonchev–Trinajstić information content (AvgIpc) is 3.41. The average molecular weight is 402 g/mol. The Morgan fingerprint density at radius 2 is 1.33 bits per heavy atom. The molecule has 0 amide bonds. The van der Waals surface area contributed by atoms with Crippen LogP contribution in [0.1, 0.15) is 75.0 Å². The normalized spacial score (nSPS) is 11.3. The topological polar surface area (TPSA) is 26.0 Å². The first kappa shape index (κ1) is 20.3. The molecule has 0 radical (unpaired) electrons. The largest absolute Gasteiger partial charge is 0.355 e.